The molecule has 0 radical (unpaired) electrons. The molecule has 0 aliphatic heterocycles. The van der Waals surface area contributed by atoms with E-state index < -0.39 is 6.10 Å². The minimum Gasteiger partial charge on any atom is -0.453 e. The fraction of sp³-hybridized carbons (Fsp3) is 0.600. The molecule has 13 heavy (non-hydrogen) atoms. The van der Waals surface area contributed by atoms with Gasteiger partial charge >= 0.3 is 0 Å². The number of aliphatic hydroxyl groups is 1. The van der Waals surface area contributed by atoms with Gasteiger partial charge in [-0.3, -0.25) is 0 Å². The molecule has 0 bridgehead atoms. The van der Waals surface area contributed by atoms with E-state index in [1.54, 1.807) is 6.07 Å². The summed E-state index contributed by atoms with van der Waals surface area (Å²) in [6, 6.07) is 1.74. The average molecular weight is 201 g/mol. The van der Waals surface area contributed by atoms with Crippen molar-refractivity contribution in [2.45, 2.75) is 31.8 Å². The highest BCUT2D eigenvalue weighted by Crippen LogP contribution is 2.36. The van der Waals surface area contributed by atoms with Gasteiger partial charge in [0.25, 0.3) is 0 Å². The number of aliphatic hydroxyl groups excluding tert-OH is 1. The maximum Gasteiger partial charge on any atom is 0.198 e. The lowest BCUT2D eigenvalue weighted by Crippen LogP contribution is -2.14. The van der Waals surface area contributed by atoms with Gasteiger partial charge in [-0.1, -0.05) is 19.3 Å². The van der Waals surface area contributed by atoms with Crippen LogP contribution in [0.4, 0.5) is 0 Å². The van der Waals surface area contributed by atoms with Crippen molar-refractivity contribution in [2.24, 2.45) is 5.92 Å². The summed E-state index contributed by atoms with van der Waals surface area (Å²) < 4.78 is 4.92. The van der Waals surface area contributed by atoms with Crippen LogP contribution in [0.5, 0.6) is 0 Å². The van der Waals surface area contributed by atoms with Gasteiger partial charge in [0, 0.05) is 5.56 Å². The third-order valence-electron chi connectivity index (χ3n) is 2.79. The molecular weight excluding hydrogens is 188 g/mol. The molecular formula is C10H13ClO2. The Morgan fingerprint density at radius 1 is 1.62 bits per heavy atom. The maximum absolute atomic E-state index is 9.78. The highest BCUT2D eigenvalue weighted by atomic mass is 35.5. The van der Waals surface area contributed by atoms with Gasteiger partial charge in [-0.15, -0.1) is 0 Å². The van der Waals surface area contributed by atoms with Gasteiger partial charge in [-0.05, 0) is 30.0 Å². The van der Waals surface area contributed by atoms with E-state index in [2.05, 4.69) is 0 Å². The zero-order valence-corrected chi connectivity index (χ0v) is 8.13. The number of hydrogen-bond donors (Lipinski definition) is 1. The second-order valence-corrected chi connectivity index (χ2v) is 4.04. The Labute approximate surface area is 82.5 Å². The van der Waals surface area contributed by atoms with Crippen molar-refractivity contribution in [1.82, 2.24) is 0 Å². The van der Waals surface area contributed by atoms with Crippen LogP contribution in [0.2, 0.25) is 5.22 Å². The van der Waals surface area contributed by atoms with Crippen LogP contribution in [0.25, 0.3) is 0 Å². The van der Waals surface area contributed by atoms with E-state index in [1.807, 2.05) is 0 Å². The lowest BCUT2D eigenvalue weighted by molar-refractivity contribution is 0.118. The normalized spacial score (nSPS) is 19.8. The van der Waals surface area contributed by atoms with Crippen molar-refractivity contribution in [3.05, 3.63) is 23.1 Å². The fourth-order valence-corrected chi connectivity index (χ4v) is 1.95. The predicted molar refractivity (Wildman–Crippen MR) is 50.6 cm³/mol. The molecule has 0 saturated heterocycles. The molecule has 1 atom stereocenters. The largest absolute Gasteiger partial charge is 0.453 e. The van der Waals surface area contributed by atoms with E-state index >= 15 is 0 Å². The zero-order valence-electron chi connectivity index (χ0n) is 7.37. The lowest BCUT2D eigenvalue weighted by atomic mass is 9.80. The van der Waals surface area contributed by atoms with E-state index in [0.29, 0.717) is 11.1 Å². The summed E-state index contributed by atoms with van der Waals surface area (Å²) in [5.74, 6) is 0.681. The third kappa shape index (κ3) is 1.89. The molecule has 1 saturated carbocycles. The Kier molecular flexibility index (Phi) is 2.61. The summed E-state index contributed by atoms with van der Waals surface area (Å²) in [6.07, 6.45) is 5.67. The van der Waals surface area contributed by atoms with Gasteiger partial charge < -0.3 is 9.52 Å². The minimum absolute atomic E-state index is 0.326. The second-order valence-electron chi connectivity index (χ2n) is 3.70. The predicted octanol–water partition coefficient (Wildman–Crippen LogP) is 3.16. The molecule has 2 nitrogen and oxygen atoms in total. The quantitative estimate of drug-likeness (QED) is 0.813. The summed E-state index contributed by atoms with van der Waals surface area (Å²) in [6.45, 7) is 0. The second kappa shape index (κ2) is 3.72. The molecule has 0 spiro atoms. The van der Waals surface area contributed by atoms with Crippen molar-refractivity contribution < 1.29 is 9.52 Å². The van der Waals surface area contributed by atoms with Crippen LogP contribution >= 0.6 is 11.6 Å². The molecule has 3 heteroatoms. The van der Waals surface area contributed by atoms with Gasteiger partial charge in [0.2, 0.25) is 0 Å². The van der Waals surface area contributed by atoms with Crippen molar-refractivity contribution >= 4 is 11.6 Å². The molecule has 1 aliphatic rings. The highest BCUT2D eigenvalue weighted by Gasteiger charge is 2.23. The van der Waals surface area contributed by atoms with Gasteiger partial charge in [0.15, 0.2) is 5.22 Å². The van der Waals surface area contributed by atoms with Crippen molar-refractivity contribution in [3.63, 3.8) is 0 Å². The molecule has 1 aromatic heterocycles. The third-order valence-corrected chi connectivity index (χ3v) is 3.09. The molecule has 0 amide bonds. The zero-order chi connectivity index (χ0) is 9.26. The van der Waals surface area contributed by atoms with Crippen LogP contribution in [-0.4, -0.2) is 5.11 Å². The van der Waals surface area contributed by atoms with E-state index in [1.165, 1.54) is 25.5 Å². The smallest absolute Gasteiger partial charge is 0.198 e. The summed E-state index contributed by atoms with van der Waals surface area (Å²) in [5.41, 5.74) is 0.730. The first kappa shape index (κ1) is 9.10. The molecule has 1 heterocycles. The summed E-state index contributed by atoms with van der Waals surface area (Å²) >= 11 is 5.75. The van der Waals surface area contributed by atoms with Crippen LogP contribution in [0.3, 0.4) is 0 Å². The van der Waals surface area contributed by atoms with Crippen LogP contribution in [0.1, 0.15) is 37.4 Å². The number of furan rings is 1. The average Bonchev–Trinajstić information content (AvgIpc) is 2.43. The van der Waals surface area contributed by atoms with E-state index in [4.69, 9.17) is 16.0 Å². The first-order valence-corrected chi connectivity index (χ1v) is 5.06. The van der Waals surface area contributed by atoms with Gasteiger partial charge in [-0.25, -0.2) is 0 Å². The molecule has 1 aliphatic carbocycles. The fourth-order valence-electron chi connectivity index (χ4n) is 1.71. The molecule has 1 fully saturated rings. The maximum atomic E-state index is 9.78. The Bertz CT molecular complexity index is 278. The molecule has 72 valence electrons. The SMILES string of the molecule is OC(CC1CCC1)c1ccoc1Cl. The van der Waals surface area contributed by atoms with Crippen molar-refractivity contribution in [3.8, 4) is 0 Å². The van der Waals surface area contributed by atoms with Crippen LogP contribution in [-0.2, 0) is 0 Å². The van der Waals surface area contributed by atoms with E-state index in [0.717, 1.165) is 12.0 Å². The number of halogens is 1. The Hall–Kier alpha value is -0.470. The topological polar surface area (TPSA) is 33.4 Å². The van der Waals surface area contributed by atoms with Crippen molar-refractivity contribution in [1.29, 1.82) is 0 Å². The molecule has 2 rings (SSSR count). The first-order valence-electron chi connectivity index (χ1n) is 4.68. The summed E-state index contributed by atoms with van der Waals surface area (Å²) in [5, 5.41) is 10.1. The van der Waals surface area contributed by atoms with Crippen molar-refractivity contribution in [2.75, 3.05) is 0 Å². The van der Waals surface area contributed by atoms with Gasteiger partial charge in [0.1, 0.15) is 0 Å². The van der Waals surface area contributed by atoms with Crippen LogP contribution < -0.4 is 0 Å². The molecule has 1 aromatic rings. The van der Waals surface area contributed by atoms with E-state index in [-0.39, 0.29) is 0 Å². The monoisotopic (exact) mass is 200 g/mol. The van der Waals surface area contributed by atoms with Crippen LogP contribution in [0, 0.1) is 5.92 Å². The highest BCUT2D eigenvalue weighted by molar-refractivity contribution is 6.29. The van der Waals surface area contributed by atoms with Gasteiger partial charge in [-0.2, -0.15) is 0 Å². The Balaban J connectivity index is 1.96. The summed E-state index contributed by atoms with van der Waals surface area (Å²) in [4.78, 5) is 0. The Morgan fingerprint density at radius 3 is 2.85 bits per heavy atom. The lowest BCUT2D eigenvalue weighted by Gasteiger charge is -2.27. The number of rotatable bonds is 3. The standard InChI is InChI=1S/C10H13ClO2/c11-10-8(4-5-13-10)9(12)6-7-2-1-3-7/h4-5,7,9,12H,1-3,6H2. The van der Waals surface area contributed by atoms with E-state index in [9.17, 15) is 5.11 Å². The molecule has 0 aromatic carbocycles. The minimum atomic E-state index is -0.448. The molecule has 1 unspecified atom stereocenters. The first-order chi connectivity index (χ1) is 6.27. The summed E-state index contributed by atoms with van der Waals surface area (Å²) in [7, 11) is 0. The van der Waals surface area contributed by atoms with Gasteiger partial charge in [0.05, 0.1) is 12.4 Å². The Morgan fingerprint density at radius 2 is 2.38 bits per heavy atom. The van der Waals surface area contributed by atoms with Crippen LogP contribution in [0.15, 0.2) is 16.7 Å². The molecule has 1 N–H and O–H groups in total. The number of hydrogen-bond acceptors (Lipinski definition) is 2.